The van der Waals surface area contributed by atoms with Crippen molar-refractivity contribution in [2.45, 2.75) is 23.9 Å². The van der Waals surface area contributed by atoms with Gasteiger partial charge in [-0.2, -0.15) is 4.98 Å². The largest absolute Gasteiger partial charge is 0.508 e. The third-order valence-corrected chi connectivity index (χ3v) is 6.74. The van der Waals surface area contributed by atoms with Gasteiger partial charge in [0.15, 0.2) is 0 Å². The lowest BCUT2D eigenvalue weighted by Crippen LogP contribution is -2.31. The second kappa shape index (κ2) is 10.2. The third-order valence-electron chi connectivity index (χ3n) is 5.83. The van der Waals surface area contributed by atoms with E-state index in [1.165, 1.54) is 23.9 Å². The Morgan fingerprint density at radius 1 is 1.11 bits per heavy atom. The number of phenols is 1. The lowest BCUT2D eigenvalue weighted by molar-refractivity contribution is -0.384. The molecule has 1 atom stereocenters. The second-order valence-electron chi connectivity index (χ2n) is 8.35. The first-order valence-corrected chi connectivity index (χ1v) is 12.3. The molecule has 0 aliphatic carbocycles. The summed E-state index contributed by atoms with van der Waals surface area (Å²) in [5, 5.41) is 32.0. The standard InChI is InChI=1S/C26H22N6O4S/c1-16-22(24(34)28-19-5-3-2-4-6-19)23(18-9-13-21(33)14-10-18)31-25(27-16)29-26(30-31)37-15-17-7-11-20(12-8-17)32(35)36/h2-14,23,33H,15H2,1H3,(H,28,34)(H,27,29,30). The van der Waals surface area contributed by atoms with Gasteiger partial charge in [-0.25, -0.2) is 4.68 Å². The zero-order chi connectivity index (χ0) is 25.9. The third kappa shape index (κ3) is 5.16. The quantitative estimate of drug-likeness (QED) is 0.176. The number of non-ortho nitro benzene ring substituents is 1. The minimum atomic E-state index is -0.582. The summed E-state index contributed by atoms with van der Waals surface area (Å²) in [6, 6.07) is 21.6. The van der Waals surface area contributed by atoms with Crippen LogP contribution in [0.3, 0.4) is 0 Å². The Bertz CT molecular complexity index is 1480. The Labute approximate surface area is 216 Å². The first-order chi connectivity index (χ1) is 17.9. The van der Waals surface area contributed by atoms with Gasteiger partial charge in [0.2, 0.25) is 11.1 Å². The fourth-order valence-electron chi connectivity index (χ4n) is 4.03. The molecule has 1 aliphatic rings. The molecular weight excluding hydrogens is 492 g/mol. The van der Waals surface area contributed by atoms with Crippen LogP contribution in [0.1, 0.15) is 24.1 Å². The number of anilines is 2. The number of nitro benzene ring substituents is 1. The lowest BCUT2D eigenvalue weighted by Gasteiger charge is -2.28. The van der Waals surface area contributed by atoms with Crippen LogP contribution in [-0.2, 0) is 10.5 Å². The van der Waals surface area contributed by atoms with Crippen molar-refractivity contribution in [3.63, 3.8) is 0 Å². The first-order valence-electron chi connectivity index (χ1n) is 11.3. The van der Waals surface area contributed by atoms with Gasteiger partial charge in [-0.05, 0) is 42.3 Å². The van der Waals surface area contributed by atoms with Gasteiger partial charge in [0, 0.05) is 29.3 Å². The minimum Gasteiger partial charge on any atom is -0.508 e. The smallest absolute Gasteiger partial charge is 0.269 e. The van der Waals surface area contributed by atoms with Crippen LogP contribution >= 0.6 is 11.8 Å². The van der Waals surface area contributed by atoms with Crippen molar-refractivity contribution in [2.24, 2.45) is 0 Å². The molecule has 3 aromatic carbocycles. The van der Waals surface area contributed by atoms with Crippen molar-refractivity contribution in [1.29, 1.82) is 0 Å². The van der Waals surface area contributed by atoms with E-state index in [0.717, 1.165) is 11.1 Å². The van der Waals surface area contributed by atoms with E-state index in [2.05, 4.69) is 20.7 Å². The Balaban J connectivity index is 1.45. The van der Waals surface area contributed by atoms with E-state index in [9.17, 15) is 20.0 Å². The zero-order valence-electron chi connectivity index (χ0n) is 19.7. The maximum absolute atomic E-state index is 13.5. The average molecular weight is 515 g/mol. The van der Waals surface area contributed by atoms with Crippen LogP contribution in [0.25, 0.3) is 0 Å². The molecule has 1 unspecified atom stereocenters. The molecule has 3 N–H and O–H groups in total. The van der Waals surface area contributed by atoms with Gasteiger partial charge in [0.1, 0.15) is 11.8 Å². The Morgan fingerprint density at radius 2 is 1.81 bits per heavy atom. The van der Waals surface area contributed by atoms with Gasteiger partial charge in [0.05, 0.1) is 10.5 Å². The molecule has 0 saturated carbocycles. The summed E-state index contributed by atoms with van der Waals surface area (Å²) in [4.78, 5) is 28.5. The van der Waals surface area contributed by atoms with Gasteiger partial charge < -0.3 is 15.7 Å². The van der Waals surface area contributed by atoms with Crippen molar-refractivity contribution in [3.8, 4) is 5.75 Å². The van der Waals surface area contributed by atoms with Crippen LogP contribution in [0, 0.1) is 10.1 Å². The average Bonchev–Trinajstić information content (AvgIpc) is 3.30. The summed E-state index contributed by atoms with van der Waals surface area (Å²) in [5.41, 5.74) is 3.46. The molecule has 37 heavy (non-hydrogen) atoms. The number of nitrogens with zero attached hydrogens (tertiary/aromatic N) is 4. The van der Waals surface area contributed by atoms with Crippen LogP contribution in [0.15, 0.2) is 95.3 Å². The summed E-state index contributed by atoms with van der Waals surface area (Å²) in [5.74, 6) is 0.833. The molecule has 186 valence electrons. The number of hydrogen-bond acceptors (Lipinski definition) is 8. The molecular formula is C26H22N6O4S. The van der Waals surface area contributed by atoms with Gasteiger partial charge in [-0.3, -0.25) is 14.9 Å². The second-order valence-corrected chi connectivity index (χ2v) is 9.30. The molecule has 2 heterocycles. The molecule has 0 radical (unpaired) electrons. The Hall–Kier alpha value is -4.64. The van der Waals surface area contributed by atoms with Gasteiger partial charge in [-0.1, -0.05) is 54.2 Å². The number of aromatic hydroxyl groups is 1. The Kier molecular flexibility index (Phi) is 6.60. The summed E-state index contributed by atoms with van der Waals surface area (Å²) < 4.78 is 1.66. The topological polar surface area (TPSA) is 135 Å². The summed E-state index contributed by atoms with van der Waals surface area (Å²) >= 11 is 1.38. The van der Waals surface area contributed by atoms with Crippen molar-refractivity contribution < 1.29 is 14.8 Å². The molecule has 0 fully saturated rings. The minimum absolute atomic E-state index is 0.0353. The molecule has 11 heteroatoms. The molecule has 0 bridgehead atoms. The van der Waals surface area contributed by atoms with Gasteiger partial charge in [0.25, 0.3) is 11.6 Å². The summed E-state index contributed by atoms with van der Waals surface area (Å²) in [6.45, 7) is 1.81. The van der Waals surface area contributed by atoms with E-state index in [4.69, 9.17) is 0 Å². The van der Waals surface area contributed by atoms with E-state index < -0.39 is 11.0 Å². The number of benzene rings is 3. The zero-order valence-corrected chi connectivity index (χ0v) is 20.5. The van der Waals surface area contributed by atoms with Crippen LogP contribution in [0.4, 0.5) is 17.3 Å². The van der Waals surface area contributed by atoms with Crippen LogP contribution in [-0.4, -0.2) is 30.7 Å². The van der Waals surface area contributed by atoms with E-state index in [0.29, 0.717) is 33.8 Å². The van der Waals surface area contributed by atoms with Crippen LogP contribution in [0.5, 0.6) is 5.75 Å². The predicted octanol–water partition coefficient (Wildman–Crippen LogP) is 5.11. The molecule has 1 aromatic heterocycles. The molecule has 0 spiro atoms. The van der Waals surface area contributed by atoms with E-state index in [1.54, 1.807) is 41.1 Å². The van der Waals surface area contributed by atoms with Crippen LogP contribution in [0.2, 0.25) is 0 Å². The van der Waals surface area contributed by atoms with Crippen molar-refractivity contribution in [2.75, 3.05) is 10.6 Å². The predicted molar refractivity (Wildman–Crippen MR) is 140 cm³/mol. The van der Waals surface area contributed by atoms with Crippen molar-refractivity contribution in [1.82, 2.24) is 14.8 Å². The highest BCUT2D eigenvalue weighted by atomic mass is 32.2. The highest BCUT2D eigenvalue weighted by molar-refractivity contribution is 7.98. The molecule has 0 saturated heterocycles. The van der Waals surface area contributed by atoms with E-state index in [-0.39, 0.29) is 17.3 Å². The van der Waals surface area contributed by atoms with Crippen molar-refractivity contribution in [3.05, 3.63) is 111 Å². The number of para-hydroxylation sites is 1. The molecule has 5 rings (SSSR count). The fourth-order valence-corrected chi connectivity index (χ4v) is 4.82. The van der Waals surface area contributed by atoms with Gasteiger partial charge in [-0.15, -0.1) is 5.10 Å². The summed E-state index contributed by atoms with van der Waals surface area (Å²) in [6.07, 6.45) is 0. The number of amides is 1. The molecule has 4 aromatic rings. The number of nitro groups is 1. The van der Waals surface area contributed by atoms with Gasteiger partial charge >= 0.3 is 0 Å². The number of nitrogens with one attached hydrogen (secondary N) is 2. The molecule has 1 amide bonds. The Morgan fingerprint density at radius 3 is 2.49 bits per heavy atom. The highest BCUT2D eigenvalue weighted by Gasteiger charge is 2.34. The fraction of sp³-hybridized carbons (Fsp3) is 0.115. The normalized spacial score (nSPS) is 14.6. The number of rotatable bonds is 7. The highest BCUT2D eigenvalue weighted by Crippen LogP contribution is 2.37. The number of phenolic OH excluding ortho intramolecular Hbond substituents is 1. The maximum atomic E-state index is 13.5. The van der Waals surface area contributed by atoms with Crippen LogP contribution < -0.4 is 10.6 Å². The number of carbonyl (C=O) groups is 1. The number of carbonyl (C=O) groups excluding carboxylic acids is 1. The number of allylic oxidation sites excluding steroid dienone is 1. The van der Waals surface area contributed by atoms with Crippen molar-refractivity contribution >= 4 is 35.0 Å². The number of aromatic nitrogens is 3. The first kappa shape index (κ1) is 24.1. The SMILES string of the molecule is CC1=C(C(=O)Nc2ccccc2)C(c2ccc(O)cc2)n2nc(SCc3ccc([N+](=O)[O-])cc3)nc2N1. The number of fused-ring (bicyclic) bond motifs is 1. The molecule has 10 nitrogen and oxygen atoms in total. The number of thioether (sulfide) groups is 1. The monoisotopic (exact) mass is 514 g/mol. The van der Waals surface area contributed by atoms with E-state index in [1.807, 2.05) is 37.3 Å². The van der Waals surface area contributed by atoms with E-state index >= 15 is 0 Å². The lowest BCUT2D eigenvalue weighted by atomic mass is 9.95. The molecule has 1 aliphatic heterocycles. The maximum Gasteiger partial charge on any atom is 0.269 e. The number of hydrogen-bond donors (Lipinski definition) is 3. The summed E-state index contributed by atoms with van der Waals surface area (Å²) in [7, 11) is 0.